The fourth-order valence-corrected chi connectivity index (χ4v) is 3.46. The number of nitrogens with zero attached hydrogens (tertiary/aromatic N) is 3. The molecule has 0 saturated heterocycles. The standard InChI is InChI=1S/C21H17ClN6/c22-17-8-4-7-14-9-15(11-25-20-16(10-23)12-26-21(24)28-20)18(27-19(14)17)13-5-2-1-3-6-13/h1-8,12,27H,9,11H2,(H3,24,25,26,28). The second kappa shape index (κ2) is 7.59. The maximum absolute atomic E-state index is 9.29. The number of nitrogens with two attached hydrogens (primary N) is 1. The van der Waals surface area contributed by atoms with Gasteiger partial charge in [-0.15, -0.1) is 0 Å². The molecule has 28 heavy (non-hydrogen) atoms. The van der Waals surface area contributed by atoms with Crippen LogP contribution in [0.1, 0.15) is 16.7 Å². The summed E-state index contributed by atoms with van der Waals surface area (Å²) in [6.07, 6.45) is 2.15. The molecule has 4 N–H and O–H groups in total. The molecule has 7 heteroatoms. The predicted molar refractivity (Wildman–Crippen MR) is 112 cm³/mol. The molecule has 0 fully saturated rings. The van der Waals surface area contributed by atoms with Crippen LogP contribution in [0.25, 0.3) is 5.70 Å². The number of halogens is 1. The first kappa shape index (κ1) is 17.8. The third-order valence-electron chi connectivity index (χ3n) is 4.57. The van der Waals surface area contributed by atoms with Crippen molar-refractivity contribution in [3.05, 3.63) is 82.0 Å². The van der Waals surface area contributed by atoms with Gasteiger partial charge < -0.3 is 16.4 Å². The normalized spacial score (nSPS) is 12.7. The molecule has 1 aromatic heterocycles. The van der Waals surface area contributed by atoms with E-state index in [2.05, 4.69) is 32.7 Å². The van der Waals surface area contributed by atoms with Crippen LogP contribution in [0.2, 0.25) is 5.02 Å². The lowest BCUT2D eigenvalue weighted by Crippen LogP contribution is -2.19. The number of anilines is 3. The number of hydrogen-bond acceptors (Lipinski definition) is 6. The number of nitriles is 1. The van der Waals surface area contributed by atoms with E-state index in [9.17, 15) is 5.26 Å². The van der Waals surface area contributed by atoms with Gasteiger partial charge >= 0.3 is 0 Å². The Morgan fingerprint density at radius 3 is 2.79 bits per heavy atom. The lowest BCUT2D eigenvalue weighted by atomic mass is 9.94. The maximum atomic E-state index is 9.29. The van der Waals surface area contributed by atoms with Crippen molar-refractivity contribution in [2.75, 3.05) is 22.9 Å². The number of para-hydroxylation sites is 1. The Hall–Kier alpha value is -3.56. The fourth-order valence-electron chi connectivity index (χ4n) is 3.22. The molecule has 1 aliphatic heterocycles. The number of nitrogens with one attached hydrogen (secondary N) is 2. The van der Waals surface area contributed by atoms with Gasteiger partial charge in [-0.1, -0.05) is 54.1 Å². The molecule has 0 saturated carbocycles. The van der Waals surface area contributed by atoms with Crippen molar-refractivity contribution in [1.82, 2.24) is 9.97 Å². The minimum atomic E-state index is 0.123. The SMILES string of the molecule is N#Cc1cnc(N)nc1NCC1=C(c2ccccc2)Nc2c(Cl)cccc2C1. The summed E-state index contributed by atoms with van der Waals surface area (Å²) in [6, 6.07) is 18.0. The summed E-state index contributed by atoms with van der Waals surface area (Å²) in [6.45, 7) is 0.494. The zero-order valence-corrected chi connectivity index (χ0v) is 15.7. The molecule has 6 nitrogen and oxygen atoms in total. The third-order valence-corrected chi connectivity index (χ3v) is 4.88. The molecule has 2 aromatic carbocycles. The molecule has 0 spiro atoms. The third kappa shape index (κ3) is 3.48. The number of aromatic nitrogens is 2. The molecule has 0 bridgehead atoms. The Bertz CT molecular complexity index is 1100. The summed E-state index contributed by atoms with van der Waals surface area (Å²) in [7, 11) is 0. The number of hydrogen-bond donors (Lipinski definition) is 3. The Morgan fingerprint density at radius 1 is 1.18 bits per heavy atom. The smallest absolute Gasteiger partial charge is 0.222 e. The van der Waals surface area contributed by atoms with Crippen molar-refractivity contribution in [2.45, 2.75) is 6.42 Å². The topological polar surface area (TPSA) is 99.7 Å². The van der Waals surface area contributed by atoms with Crippen LogP contribution in [0.5, 0.6) is 0 Å². The van der Waals surface area contributed by atoms with Gasteiger partial charge in [0.15, 0.2) is 0 Å². The minimum absolute atomic E-state index is 0.123. The zero-order chi connectivity index (χ0) is 19.5. The van der Waals surface area contributed by atoms with Crippen molar-refractivity contribution in [3.8, 4) is 6.07 Å². The molecule has 0 radical (unpaired) electrons. The molecule has 4 rings (SSSR count). The largest absolute Gasteiger partial charge is 0.368 e. The molecule has 138 valence electrons. The highest BCUT2D eigenvalue weighted by Crippen LogP contribution is 2.37. The van der Waals surface area contributed by atoms with Gasteiger partial charge in [-0.05, 0) is 29.2 Å². The van der Waals surface area contributed by atoms with Crippen LogP contribution in [0.4, 0.5) is 17.5 Å². The van der Waals surface area contributed by atoms with E-state index >= 15 is 0 Å². The highest BCUT2D eigenvalue weighted by atomic mass is 35.5. The summed E-state index contributed by atoms with van der Waals surface area (Å²) in [5.41, 5.74) is 11.3. The lowest BCUT2D eigenvalue weighted by molar-refractivity contribution is 1.04. The van der Waals surface area contributed by atoms with Crippen molar-refractivity contribution >= 4 is 34.8 Å². The summed E-state index contributed by atoms with van der Waals surface area (Å²) in [4.78, 5) is 8.03. The van der Waals surface area contributed by atoms with Gasteiger partial charge in [-0.25, -0.2) is 4.98 Å². The highest BCUT2D eigenvalue weighted by Gasteiger charge is 2.21. The van der Waals surface area contributed by atoms with E-state index in [-0.39, 0.29) is 5.95 Å². The van der Waals surface area contributed by atoms with Crippen molar-refractivity contribution in [2.24, 2.45) is 0 Å². The van der Waals surface area contributed by atoms with Crippen LogP contribution in [0, 0.1) is 11.3 Å². The van der Waals surface area contributed by atoms with Gasteiger partial charge in [0, 0.05) is 12.2 Å². The second-order valence-electron chi connectivity index (χ2n) is 6.38. The van der Waals surface area contributed by atoms with E-state index in [1.165, 1.54) is 6.20 Å². The van der Waals surface area contributed by atoms with Gasteiger partial charge in [0.25, 0.3) is 0 Å². The van der Waals surface area contributed by atoms with Crippen LogP contribution in [0.3, 0.4) is 0 Å². The lowest BCUT2D eigenvalue weighted by Gasteiger charge is -2.26. The first-order chi connectivity index (χ1) is 13.7. The van der Waals surface area contributed by atoms with Crippen LogP contribution < -0.4 is 16.4 Å². The van der Waals surface area contributed by atoms with E-state index in [0.29, 0.717) is 22.9 Å². The zero-order valence-electron chi connectivity index (χ0n) is 14.9. The average Bonchev–Trinajstić information content (AvgIpc) is 2.73. The maximum Gasteiger partial charge on any atom is 0.222 e. The highest BCUT2D eigenvalue weighted by molar-refractivity contribution is 6.33. The van der Waals surface area contributed by atoms with Crippen LogP contribution >= 0.6 is 11.6 Å². The Kier molecular flexibility index (Phi) is 4.83. The van der Waals surface area contributed by atoms with E-state index in [4.69, 9.17) is 17.3 Å². The molecule has 0 unspecified atom stereocenters. The fraction of sp³-hybridized carbons (Fsp3) is 0.0952. The second-order valence-corrected chi connectivity index (χ2v) is 6.78. The van der Waals surface area contributed by atoms with Crippen molar-refractivity contribution in [1.29, 1.82) is 5.26 Å². The molecule has 0 aliphatic carbocycles. The number of nitrogen functional groups attached to an aromatic ring is 1. The van der Waals surface area contributed by atoms with Crippen LogP contribution in [-0.4, -0.2) is 16.5 Å². The first-order valence-electron chi connectivity index (χ1n) is 8.74. The van der Waals surface area contributed by atoms with Gasteiger partial charge in [0.2, 0.25) is 5.95 Å². The summed E-state index contributed by atoms with van der Waals surface area (Å²) >= 11 is 6.41. The van der Waals surface area contributed by atoms with Crippen molar-refractivity contribution in [3.63, 3.8) is 0 Å². The Morgan fingerprint density at radius 2 is 2.00 bits per heavy atom. The predicted octanol–water partition coefficient (Wildman–Crippen LogP) is 4.08. The molecular formula is C21H17ClN6. The molecule has 0 atom stereocenters. The number of benzene rings is 2. The van der Waals surface area contributed by atoms with E-state index < -0.39 is 0 Å². The molecule has 3 aromatic rings. The quantitative estimate of drug-likeness (QED) is 0.622. The number of fused-ring (bicyclic) bond motifs is 1. The Balaban J connectivity index is 1.71. The molecule has 2 heterocycles. The van der Waals surface area contributed by atoms with Gasteiger partial charge in [0.05, 0.1) is 16.9 Å². The molecule has 0 amide bonds. The summed E-state index contributed by atoms with van der Waals surface area (Å²) in [5.74, 6) is 0.546. The van der Waals surface area contributed by atoms with Gasteiger partial charge in [-0.3, -0.25) is 0 Å². The molecular weight excluding hydrogens is 372 g/mol. The first-order valence-corrected chi connectivity index (χ1v) is 9.12. The van der Waals surface area contributed by atoms with Gasteiger partial charge in [0.1, 0.15) is 17.5 Å². The van der Waals surface area contributed by atoms with E-state index in [1.807, 2.05) is 42.5 Å². The summed E-state index contributed by atoms with van der Waals surface area (Å²) in [5, 5.41) is 16.7. The average molecular weight is 389 g/mol. The number of rotatable bonds is 4. The Labute approximate surface area is 167 Å². The summed E-state index contributed by atoms with van der Waals surface area (Å²) < 4.78 is 0. The van der Waals surface area contributed by atoms with Crippen LogP contribution in [0.15, 0.2) is 60.3 Å². The van der Waals surface area contributed by atoms with Crippen LogP contribution in [-0.2, 0) is 6.42 Å². The van der Waals surface area contributed by atoms with Gasteiger partial charge in [-0.2, -0.15) is 10.2 Å². The minimum Gasteiger partial charge on any atom is -0.368 e. The van der Waals surface area contributed by atoms with E-state index in [1.54, 1.807) is 0 Å². The van der Waals surface area contributed by atoms with Crippen molar-refractivity contribution < 1.29 is 0 Å². The van der Waals surface area contributed by atoms with E-state index in [0.717, 1.165) is 34.5 Å². The monoisotopic (exact) mass is 388 g/mol. The molecule has 1 aliphatic rings.